The monoisotopic (exact) mass is 200 g/mol. The van der Waals surface area contributed by atoms with E-state index in [1.807, 2.05) is 0 Å². The highest BCUT2D eigenvalue weighted by molar-refractivity contribution is 5.89. The molecule has 78 valence electrons. The first kappa shape index (κ1) is 10.6. The highest BCUT2D eigenvalue weighted by atomic mass is 16.7. The molecule has 1 aliphatic rings. The van der Waals surface area contributed by atoms with Gasteiger partial charge in [-0.25, -0.2) is 4.79 Å². The summed E-state index contributed by atoms with van der Waals surface area (Å²) in [6, 6.07) is 0. The summed E-state index contributed by atoms with van der Waals surface area (Å²) in [6.07, 6.45) is -0.445. The van der Waals surface area contributed by atoms with Crippen molar-refractivity contribution in [3.05, 3.63) is 11.3 Å². The van der Waals surface area contributed by atoms with Gasteiger partial charge in [0.2, 0.25) is 6.29 Å². The van der Waals surface area contributed by atoms with Crippen LogP contribution in [-0.2, 0) is 23.8 Å². The van der Waals surface area contributed by atoms with Crippen molar-refractivity contribution < 1.29 is 23.8 Å². The van der Waals surface area contributed by atoms with Crippen molar-refractivity contribution in [1.29, 1.82) is 0 Å². The Kier molecular flexibility index (Phi) is 3.11. The number of hydrogen-bond donors (Lipinski definition) is 0. The molecule has 0 fully saturated rings. The van der Waals surface area contributed by atoms with E-state index in [4.69, 9.17) is 9.47 Å². The molecule has 0 N–H and O–H groups in total. The van der Waals surface area contributed by atoms with Gasteiger partial charge in [0, 0.05) is 6.92 Å². The first-order valence-electron chi connectivity index (χ1n) is 4.16. The molecule has 14 heavy (non-hydrogen) atoms. The summed E-state index contributed by atoms with van der Waals surface area (Å²) in [5.41, 5.74) is 0.416. The van der Waals surface area contributed by atoms with Crippen LogP contribution in [0.3, 0.4) is 0 Å². The van der Waals surface area contributed by atoms with Gasteiger partial charge in [0.1, 0.15) is 5.76 Å². The first-order chi connectivity index (χ1) is 6.54. The van der Waals surface area contributed by atoms with Gasteiger partial charge >= 0.3 is 11.9 Å². The van der Waals surface area contributed by atoms with E-state index in [1.165, 1.54) is 14.0 Å². The minimum atomic E-state index is -0.693. The molecule has 0 amide bonds. The Bertz CT molecular complexity index is 292. The maximum atomic E-state index is 11.2. The summed E-state index contributed by atoms with van der Waals surface area (Å²) < 4.78 is 14.5. The predicted octanol–water partition coefficient (Wildman–Crippen LogP) is 0.743. The number of hydrogen-bond acceptors (Lipinski definition) is 5. The van der Waals surface area contributed by atoms with E-state index < -0.39 is 18.2 Å². The fraction of sp³-hybridized carbons (Fsp3) is 0.556. The molecule has 0 radical (unpaired) electrons. The Labute approximate surface area is 81.6 Å². The third kappa shape index (κ3) is 2.25. The summed E-state index contributed by atoms with van der Waals surface area (Å²) in [7, 11) is 1.29. The van der Waals surface area contributed by atoms with Gasteiger partial charge in [0.05, 0.1) is 19.1 Å². The van der Waals surface area contributed by atoms with Crippen LogP contribution in [0.5, 0.6) is 0 Å². The molecule has 1 aliphatic heterocycles. The van der Waals surface area contributed by atoms with E-state index in [-0.39, 0.29) is 6.42 Å². The predicted molar refractivity (Wildman–Crippen MR) is 46.0 cm³/mol. The summed E-state index contributed by atoms with van der Waals surface area (Å²) in [5.74, 6) is -0.436. The fourth-order valence-electron chi connectivity index (χ4n) is 1.22. The quantitative estimate of drug-likeness (QED) is 0.615. The second-order valence-corrected chi connectivity index (χ2v) is 2.89. The van der Waals surface area contributed by atoms with Crippen LogP contribution in [0.4, 0.5) is 0 Å². The molecule has 0 saturated carbocycles. The Morgan fingerprint density at radius 3 is 2.64 bits per heavy atom. The number of rotatable bonds is 2. The van der Waals surface area contributed by atoms with Gasteiger partial charge in [-0.2, -0.15) is 0 Å². The van der Waals surface area contributed by atoms with Crippen LogP contribution >= 0.6 is 0 Å². The maximum Gasteiger partial charge on any atom is 0.337 e. The lowest BCUT2D eigenvalue weighted by atomic mass is 10.2. The molecule has 0 spiro atoms. The summed E-state index contributed by atoms with van der Waals surface area (Å²) in [6.45, 7) is 2.92. The molecule has 0 aromatic rings. The standard InChI is InChI=1S/C9H12O5/c1-5-7(9(11)12-3)4-8(13-5)14-6(2)10/h8H,4H2,1-3H3. The molecule has 1 heterocycles. The zero-order valence-corrected chi connectivity index (χ0v) is 8.33. The van der Waals surface area contributed by atoms with Crippen molar-refractivity contribution in [2.75, 3.05) is 7.11 Å². The van der Waals surface area contributed by atoms with Crippen molar-refractivity contribution in [2.24, 2.45) is 0 Å². The van der Waals surface area contributed by atoms with E-state index in [0.717, 1.165) is 0 Å². The average Bonchev–Trinajstić information content (AvgIpc) is 2.44. The number of methoxy groups -OCH3 is 1. The van der Waals surface area contributed by atoms with Gasteiger partial charge in [-0.05, 0) is 6.92 Å². The van der Waals surface area contributed by atoms with E-state index in [9.17, 15) is 9.59 Å². The van der Waals surface area contributed by atoms with E-state index in [1.54, 1.807) is 6.92 Å². The number of ether oxygens (including phenoxy) is 3. The summed E-state index contributed by atoms with van der Waals surface area (Å²) in [4.78, 5) is 21.8. The lowest BCUT2D eigenvalue weighted by molar-refractivity contribution is -0.164. The molecule has 0 aromatic carbocycles. The minimum absolute atomic E-state index is 0.248. The molecule has 5 nitrogen and oxygen atoms in total. The topological polar surface area (TPSA) is 61.8 Å². The minimum Gasteiger partial charge on any atom is -0.466 e. The van der Waals surface area contributed by atoms with Crippen LogP contribution in [0.1, 0.15) is 20.3 Å². The second-order valence-electron chi connectivity index (χ2n) is 2.89. The van der Waals surface area contributed by atoms with Crippen molar-refractivity contribution in [3.63, 3.8) is 0 Å². The molecule has 5 heteroatoms. The summed E-state index contributed by atoms with van der Waals surface area (Å²) >= 11 is 0. The van der Waals surface area contributed by atoms with Crippen molar-refractivity contribution in [3.8, 4) is 0 Å². The largest absolute Gasteiger partial charge is 0.466 e. The lowest BCUT2D eigenvalue weighted by Gasteiger charge is -2.10. The molecule has 0 aliphatic carbocycles. The van der Waals surface area contributed by atoms with E-state index in [2.05, 4.69) is 4.74 Å². The Morgan fingerprint density at radius 2 is 2.14 bits per heavy atom. The Hall–Kier alpha value is -1.52. The van der Waals surface area contributed by atoms with Crippen LogP contribution in [-0.4, -0.2) is 25.3 Å². The third-order valence-electron chi connectivity index (χ3n) is 1.83. The highest BCUT2D eigenvalue weighted by Crippen LogP contribution is 2.26. The lowest BCUT2D eigenvalue weighted by Crippen LogP contribution is -2.15. The normalized spacial score (nSPS) is 20.4. The number of allylic oxidation sites excluding steroid dienone is 1. The molecule has 0 bridgehead atoms. The average molecular weight is 200 g/mol. The van der Waals surface area contributed by atoms with Crippen molar-refractivity contribution in [1.82, 2.24) is 0 Å². The van der Waals surface area contributed by atoms with E-state index >= 15 is 0 Å². The SMILES string of the molecule is COC(=O)C1=C(C)OC(OC(C)=O)C1. The van der Waals surface area contributed by atoms with Crippen LogP contribution < -0.4 is 0 Å². The van der Waals surface area contributed by atoms with Gasteiger partial charge < -0.3 is 14.2 Å². The molecule has 0 saturated heterocycles. The highest BCUT2D eigenvalue weighted by Gasteiger charge is 2.30. The Balaban J connectivity index is 2.60. The van der Waals surface area contributed by atoms with Crippen molar-refractivity contribution in [2.45, 2.75) is 26.6 Å². The number of esters is 2. The maximum absolute atomic E-state index is 11.2. The van der Waals surface area contributed by atoms with Gasteiger partial charge in [0.15, 0.2) is 0 Å². The smallest absolute Gasteiger partial charge is 0.337 e. The molecular weight excluding hydrogens is 188 g/mol. The van der Waals surface area contributed by atoms with Crippen LogP contribution in [0.25, 0.3) is 0 Å². The van der Waals surface area contributed by atoms with Crippen LogP contribution in [0.15, 0.2) is 11.3 Å². The van der Waals surface area contributed by atoms with E-state index in [0.29, 0.717) is 11.3 Å². The van der Waals surface area contributed by atoms with Crippen LogP contribution in [0, 0.1) is 0 Å². The molecule has 1 atom stereocenters. The zero-order valence-electron chi connectivity index (χ0n) is 8.33. The van der Waals surface area contributed by atoms with Gasteiger partial charge in [-0.15, -0.1) is 0 Å². The first-order valence-corrected chi connectivity index (χ1v) is 4.16. The van der Waals surface area contributed by atoms with Gasteiger partial charge in [-0.3, -0.25) is 4.79 Å². The second kappa shape index (κ2) is 4.13. The zero-order chi connectivity index (χ0) is 10.7. The molecular formula is C9H12O5. The summed E-state index contributed by atoms with van der Waals surface area (Å²) in [5, 5.41) is 0. The fourth-order valence-corrected chi connectivity index (χ4v) is 1.22. The van der Waals surface area contributed by atoms with Gasteiger partial charge in [0.25, 0.3) is 0 Å². The van der Waals surface area contributed by atoms with Crippen LogP contribution in [0.2, 0.25) is 0 Å². The molecule has 1 unspecified atom stereocenters. The molecule has 0 aromatic heterocycles. The van der Waals surface area contributed by atoms with Gasteiger partial charge in [-0.1, -0.05) is 0 Å². The molecule has 1 rings (SSSR count). The number of carbonyl (C=O) groups is 2. The Morgan fingerprint density at radius 1 is 1.50 bits per heavy atom. The van der Waals surface area contributed by atoms with Crippen molar-refractivity contribution >= 4 is 11.9 Å². The third-order valence-corrected chi connectivity index (χ3v) is 1.83. The number of carbonyl (C=O) groups excluding carboxylic acids is 2.